The number of imidazole rings is 1. The third-order valence-corrected chi connectivity index (χ3v) is 5.16. The second-order valence-electron chi connectivity index (χ2n) is 7.00. The Labute approximate surface area is 139 Å². The number of nitrogens with one attached hydrogen (secondary N) is 1. The Kier molecular flexibility index (Phi) is 3.10. The van der Waals surface area contributed by atoms with Gasteiger partial charge in [0.1, 0.15) is 5.69 Å². The predicted molar refractivity (Wildman–Crippen MR) is 94.8 cm³/mol. The number of carbonyl (C=O) groups excluding carboxylic acids is 1. The minimum atomic E-state index is -0.152. The van der Waals surface area contributed by atoms with E-state index in [2.05, 4.69) is 49.7 Å². The molecule has 5 heteroatoms. The first-order valence-corrected chi connectivity index (χ1v) is 8.70. The van der Waals surface area contributed by atoms with Crippen molar-refractivity contribution in [1.82, 2.24) is 9.38 Å². The minimum Gasteiger partial charge on any atom is -0.384 e. The van der Waals surface area contributed by atoms with Crippen LogP contribution in [0.15, 0.2) is 23.6 Å². The Morgan fingerprint density at radius 2 is 2.17 bits per heavy atom. The number of benzene rings is 1. The number of fused-ring (bicyclic) bond motifs is 2. The lowest BCUT2D eigenvalue weighted by Gasteiger charge is -2.16. The van der Waals surface area contributed by atoms with E-state index in [1.54, 1.807) is 11.3 Å². The molecule has 2 aromatic heterocycles. The van der Waals surface area contributed by atoms with Gasteiger partial charge in [-0.05, 0) is 29.7 Å². The van der Waals surface area contributed by atoms with Crippen LogP contribution in [0, 0.1) is 0 Å². The van der Waals surface area contributed by atoms with Crippen LogP contribution in [-0.2, 0) is 11.8 Å². The molecule has 0 atom stereocenters. The largest absolute Gasteiger partial charge is 0.384 e. The molecule has 1 N–H and O–H groups in total. The average Bonchev–Trinajstić information content (AvgIpc) is 3.19. The smallest absolute Gasteiger partial charge is 0.195 e. The Morgan fingerprint density at radius 3 is 2.91 bits per heavy atom. The van der Waals surface area contributed by atoms with E-state index in [1.807, 2.05) is 4.40 Å². The van der Waals surface area contributed by atoms with Crippen molar-refractivity contribution in [2.24, 2.45) is 0 Å². The first-order valence-electron chi connectivity index (χ1n) is 7.82. The average molecular weight is 325 g/mol. The van der Waals surface area contributed by atoms with Crippen molar-refractivity contribution >= 4 is 28.3 Å². The van der Waals surface area contributed by atoms with Crippen LogP contribution in [0.25, 0.3) is 16.2 Å². The molecule has 0 radical (unpaired) electrons. The first kappa shape index (κ1) is 14.5. The molecule has 23 heavy (non-hydrogen) atoms. The van der Waals surface area contributed by atoms with Crippen LogP contribution in [0.1, 0.15) is 42.5 Å². The fourth-order valence-corrected chi connectivity index (χ4v) is 4.11. The van der Waals surface area contributed by atoms with Gasteiger partial charge < -0.3 is 5.32 Å². The summed E-state index contributed by atoms with van der Waals surface area (Å²) in [6, 6.07) is 6.47. The van der Waals surface area contributed by atoms with Gasteiger partial charge in [0.15, 0.2) is 11.2 Å². The van der Waals surface area contributed by atoms with Crippen LogP contribution in [0.4, 0.5) is 5.69 Å². The molecule has 0 unspecified atom stereocenters. The molecule has 1 aliphatic heterocycles. The molecule has 0 saturated heterocycles. The van der Waals surface area contributed by atoms with Gasteiger partial charge in [-0.2, -0.15) is 0 Å². The van der Waals surface area contributed by atoms with Crippen LogP contribution in [0.3, 0.4) is 0 Å². The summed E-state index contributed by atoms with van der Waals surface area (Å²) in [7, 11) is 0. The summed E-state index contributed by atoms with van der Waals surface area (Å²) in [5.74, 6) is 0. The molecule has 0 saturated carbocycles. The summed E-state index contributed by atoms with van der Waals surface area (Å²) in [6.45, 7) is 7.27. The van der Waals surface area contributed by atoms with Gasteiger partial charge in [-0.15, -0.1) is 11.3 Å². The third kappa shape index (κ3) is 2.18. The van der Waals surface area contributed by atoms with Crippen LogP contribution in [0.2, 0.25) is 0 Å². The molecular formula is C18H19N3OS. The van der Waals surface area contributed by atoms with Crippen molar-refractivity contribution in [2.75, 3.05) is 11.9 Å². The normalized spacial score (nSPS) is 14.0. The highest BCUT2D eigenvalue weighted by atomic mass is 32.1. The van der Waals surface area contributed by atoms with Gasteiger partial charge in [-0.3, -0.25) is 9.20 Å². The van der Waals surface area contributed by atoms with E-state index in [1.165, 1.54) is 11.3 Å². The standard InChI is InChI=1S/C18H19N3OS/c1-18(2,3)16-14(9-22)21-15(10-23-17(21)20-16)12-4-5-13-11(8-12)6-7-19-13/h4-5,8-10,19H,6-7H2,1-3H3. The Balaban J connectivity index is 1.94. The van der Waals surface area contributed by atoms with Gasteiger partial charge in [0.05, 0.1) is 11.4 Å². The Morgan fingerprint density at radius 1 is 1.35 bits per heavy atom. The van der Waals surface area contributed by atoms with Gasteiger partial charge in [0, 0.05) is 23.0 Å². The molecule has 0 aliphatic carbocycles. The number of aldehydes is 1. The maximum Gasteiger partial charge on any atom is 0.195 e. The lowest BCUT2D eigenvalue weighted by molar-refractivity contribution is 0.111. The van der Waals surface area contributed by atoms with E-state index >= 15 is 0 Å². The highest BCUT2D eigenvalue weighted by Gasteiger charge is 2.26. The van der Waals surface area contributed by atoms with Crippen LogP contribution in [-0.4, -0.2) is 22.2 Å². The molecule has 1 aromatic carbocycles. The number of carbonyl (C=O) groups is 1. The van der Waals surface area contributed by atoms with Crippen molar-refractivity contribution in [2.45, 2.75) is 32.6 Å². The number of aromatic nitrogens is 2. The molecule has 4 nitrogen and oxygen atoms in total. The van der Waals surface area contributed by atoms with Crippen molar-refractivity contribution in [3.63, 3.8) is 0 Å². The van der Waals surface area contributed by atoms with Crippen molar-refractivity contribution in [1.29, 1.82) is 0 Å². The zero-order valence-corrected chi connectivity index (χ0v) is 14.3. The van der Waals surface area contributed by atoms with Gasteiger partial charge in [-0.25, -0.2) is 4.98 Å². The second kappa shape index (κ2) is 4.93. The molecular weight excluding hydrogens is 306 g/mol. The quantitative estimate of drug-likeness (QED) is 0.720. The predicted octanol–water partition coefficient (Wildman–Crippen LogP) is 4.14. The van der Waals surface area contributed by atoms with Crippen LogP contribution < -0.4 is 5.32 Å². The van der Waals surface area contributed by atoms with Crippen molar-refractivity contribution in [3.05, 3.63) is 40.5 Å². The molecule has 118 valence electrons. The summed E-state index contributed by atoms with van der Waals surface area (Å²) in [6.07, 6.45) is 1.99. The number of hydrogen-bond acceptors (Lipinski definition) is 4. The lowest BCUT2D eigenvalue weighted by Crippen LogP contribution is -2.14. The monoisotopic (exact) mass is 325 g/mol. The molecule has 1 aliphatic rings. The van der Waals surface area contributed by atoms with E-state index in [0.29, 0.717) is 5.69 Å². The van der Waals surface area contributed by atoms with Crippen LogP contribution >= 0.6 is 11.3 Å². The highest BCUT2D eigenvalue weighted by Crippen LogP contribution is 2.34. The topological polar surface area (TPSA) is 46.4 Å². The third-order valence-electron chi connectivity index (χ3n) is 4.33. The fourth-order valence-electron chi connectivity index (χ4n) is 3.21. The molecule has 0 bridgehead atoms. The molecule has 3 aromatic rings. The summed E-state index contributed by atoms with van der Waals surface area (Å²) in [4.78, 5) is 17.3. The Bertz CT molecular complexity index is 914. The minimum absolute atomic E-state index is 0.152. The zero-order chi connectivity index (χ0) is 16.2. The molecule has 4 rings (SSSR count). The number of hydrogen-bond donors (Lipinski definition) is 1. The van der Waals surface area contributed by atoms with E-state index in [0.717, 1.165) is 41.2 Å². The van der Waals surface area contributed by atoms with Crippen LogP contribution in [0.5, 0.6) is 0 Å². The maximum atomic E-state index is 11.8. The van der Waals surface area contributed by atoms with Gasteiger partial charge in [-0.1, -0.05) is 26.8 Å². The summed E-state index contributed by atoms with van der Waals surface area (Å²) < 4.78 is 2.00. The van der Waals surface area contributed by atoms with Crippen molar-refractivity contribution < 1.29 is 4.79 Å². The summed E-state index contributed by atoms with van der Waals surface area (Å²) >= 11 is 1.59. The van der Waals surface area contributed by atoms with E-state index in [-0.39, 0.29) is 5.41 Å². The first-order chi connectivity index (χ1) is 11.0. The molecule has 0 fully saturated rings. The van der Waals surface area contributed by atoms with E-state index in [9.17, 15) is 4.79 Å². The van der Waals surface area contributed by atoms with E-state index in [4.69, 9.17) is 4.98 Å². The summed E-state index contributed by atoms with van der Waals surface area (Å²) in [5, 5.41) is 5.47. The summed E-state index contributed by atoms with van der Waals surface area (Å²) in [5.41, 5.74) is 6.12. The second-order valence-corrected chi connectivity index (χ2v) is 7.84. The number of thiazole rings is 1. The lowest BCUT2D eigenvalue weighted by atomic mass is 9.91. The SMILES string of the molecule is CC(C)(C)c1nc2scc(-c3ccc4c(c3)CCN4)n2c1C=O. The molecule has 3 heterocycles. The van der Waals surface area contributed by atoms with Gasteiger partial charge in [0.2, 0.25) is 0 Å². The van der Waals surface area contributed by atoms with E-state index < -0.39 is 0 Å². The number of anilines is 1. The fraction of sp³-hybridized carbons (Fsp3) is 0.333. The number of nitrogens with zero attached hydrogens (tertiary/aromatic N) is 2. The maximum absolute atomic E-state index is 11.8. The highest BCUT2D eigenvalue weighted by molar-refractivity contribution is 7.15. The van der Waals surface area contributed by atoms with Crippen molar-refractivity contribution in [3.8, 4) is 11.3 Å². The van der Waals surface area contributed by atoms with Gasteiger partial charge >= 0.3 is 0 Å². The van der Waals surface area contributed by atoms with Gasteiger partial charge in [0.25, 0.3) is 0 Å². The number of rotatable bonds is 2. The zero-order valence-electron chi connectivity index (χ0n) is 13.5. The molecule has 0 amide bonds. The Hall–Kier alpha value is -2.14. The molecule has 0 spiro atoms.